The number of hydrogen-bond donors (Lipinski definition) is 3. The fourth-order valence-corrected chi connectivity index (χ4v) is 3.12. The molecule has 1 aliphatic heterocycles. The first-order valence-electron chi connectivity index (χ1n) is 5.69. The lowest BCUT2D eigenvalue weighted by Crippen LogP contribution is -2.37. The van der Waals surface area contributed by atoms with Gasteiger partial charge in [0, 0.05) is 30.6 Å². The molecule has 0 bridgehead atoms. The minimum Gasteiger partial charge on any atom is -0.352 e. The molecule has 4 N–H and O–H groups in total. The molecule has 0 saturated heterocycles. The summed E-state index contributed by atoms with van der Waals surface area (Å²) in [5.74, 6) is 2.17. The average Bonchev–Trinajstić information content (AvgIpc) is 2.34. The fraction of sp³-hybridized carbons (Fsp3) is 0.417. The molecule has 2 amide bonds. The summed E-state index contributed by atoms with van der Waals surface area (Å²) in [5, 5.41) is 6.02. The van der Waals surface area contributed by atoms with E-state index < -0.39 is 6.03 Å². The van der Waals surface area contributed by atoms with E-state index in [9.17, 15) is 4.79 Å². The zero-order chi connectivity index (χ0) is 12.1. The highest BCUT2D eigenvalue weighted by Gasteiger charge is 2.18. The Morgan fingerprint density at radius 3 is 3.06 bits per heavy atom. The minimum atomic E-state index is -0.467. The molecular weight excluding hydrogens is 234 g/mol. The van der Waals surface area contributed by atoms with Crippen LogP contribution in [0.2, 0.25) is 0 Å². The third-order valence-electron chi connectivity index (χ3n) is 2.79. The van der Waals surface area contributed by atoms with Crippen molar-refractivity contribution >= 4 is 17.8 Å². The quantitative estimate of drug-likeness (QED) is 0.705. The maximum Gasteiger partial charge on any atom is 0.312 e. The number of nitrogens with two attached hydrogens (primary N) is 1. The molecule has 4 nitrogen and oxygen atoms in total. The first-order chi connectivity index (χ1) is 8.27. The molecule has 92 valence electrons. The number of nitrogens with one attached hydrogen (secondary N) is 2. The van der Waals surface area contributed by atoms with Crippen molar-refractivity contribution in [2.75, 3.05) is 18.8 Å². The maximum absolute atomic E-state index is 10.5. The number of amides is 2. The van der Waals surface area contributed by atoms with Gasteiger partial charge in [0.05, 0.1) is 0 Å². The van der Waals surface area contributed by atoms with Crippen LogP contribution in [-0.2, 0) is 5.75 Å². The minimum absolute atomic E-state index is 0.375. The van der Waals surface area contributed by atoms with Crippen molar-refractivity contribution in [3.05, 3.63) is 35.4 Å². The summed E-state index contributed by atoms with van der Waals surface area (Å²) in [6.07, 6.45) is 0. The van der Waals surface area contributed by atoms with Crippen LogP contribution in [0.3, 0.4) is 0 Å². The molecule has 0 saturated carbocycles. The fourth-order valence-electron chi connectivity index (χ4n) is 1.98. The lowest BCUT2D eigenvalue weighted by molar-refractivity contribution is 0.249. The zero-order valence-electron chi connectivity index (χ0n) is 9.61. The normalized spacial score (nSPS) is 18.5. The van der Waals surface area contributed by atoms with E-state index in [1.54, 1.807) is 0 Å². The van der Waals surface area contributed by atoms with Crippen LogP contribution in [0.15, 0.2) is 24.3 Å². The molecule has 1 atom stereocenters. The molecule has 1 aromatic carbocycles. The molecule has 2 rings (SSSR count). The van der Waals surface area contributed by atoms with E-state index >= 15 is 0 Å². The van der Waals surface area contributed by atoms with Crippen LogP contribution in [-0.4, -0.2) is 24.9 Å². The number of urea groups is 1. The van der Waals surface area contributed by atoms with Crippen molar-refractivity contribution in [3.8, 4) is 0 Å². The molecule has 17 heavy (non-hydrogen) atoms. The molecule has 0 aliphatic carbocycles. The Morgan fingerprint density at radius 1 is 1.41 bits per heavy atom. The summed E-state index contributed by atoms with van der Waals surface area (Å²) >= 11 is 1.94. The highest BCUT2D eigenvalue weighted by Crippen LogP contribution is 2.31. The summed E-state index contributed by atoms with van der Waals surface area (Å²) in [4.78, 5) is 10.5. The topological polar surface area (TPSA) is 67.2 Å². The maximum atomic E-state index is 10.5. The second kappa shape index (κ2) is 5.93. The third-order valence-corrected chi connectivity index (χ3v) is 3.87. The van der Waals surface area contributed by atoms with Gasteiger partial charge in [0.1, 0.15) is 0 Å². The lowest BCUT2D eigenvalue weighted by atomic mass is 10.0. The number of carbonyl (C=O) groups excluding carboxylic acids is 1. The smallest absolute Gasteiger partial charge is 0.312 e. The third kappa shape index (κ3) is 3.38. The van der Waals surface area contributed by atoms with Crippen LogP contribution in [0.5, 0.6) is 0 Å². The van der Waals surface area contributed by atoms with Gasteiger partial charge in [0.25, 0.3) is 0 Å². The van der Waals surface area contributed by atoms with E-state index in [1.165, 1.54) is 11.1 Å². The van der Waals surface area contributed by atoms with Gasteiger partial charge in [-0.05, 0) is 11.1 Å². The molecule has 0 radical (unpaired) electrons. The second-order valence-electron chi connectivity index (χ2n) is 4.01. The first-order valence-corrected chi connectivity index (χ1v) is 6.85. The van der Waals surface area contributed by atoms with Gasteiger partial charge in [-0.1, -0.05) is 24.3 Å². The number of primary amides is 1. The number of thioether (sulfide) groups is 1. The summed E-state index contributed by atoms with van der Waals surface area (Å²) in [5.41, 5.74) is 7.79. The van der Waals surface area contributed by atoms with E-state index in [4.69, 9.17) is 5.73 Å². The molecule has 1 heterocycles. The largest absolute Gasteiger partial charge is 0.352 e. The molecule has 0 aromatic heterocycles. The van der Waals surface area contributed by atoms with E-state index in [0.717, 1.165) is 18.1 Å². The Hall–Kier alpha value is -1.20. The molecule has 0 spiro atoms. The molecule has 0 fully saturated rings. The Balaban J connectivity index is 1.88. The summed E-state index contributed by atoms with van der Waals surface area (Å²) in [6.45, 7) is 1.31. The van der Waals surface area contributed by atoms with Gasteiger partial charge in [-0.3, -0.25) is 0 Å². The van der Waals surface area contributed by atoms with Crippen molar-refractivity contribution in [3.63, 3.8) is 0 Å². The first kappa shape index (κ1) is 12.3. The van der Waals surface area contributed by atoms with Crippen LogP contribution < -0.4 is 16.4 Å². The van der Waals surface area contributed by atoms with Gasteiger partial charge >= 0.3 is 6.03 Å². The predicted molar refractivity (Wildman–Crippen MR) is 70.9 cm³/mol. The molecular formula is C12H17N3OS. The Kier molecular flexibility index (Phi) is 4.28. The van der Waals surface area contributed by atoms with Crippen LogP contribution in [0.25, 0.3) is 0 Å². The van der Waals surface area contributed by atoms with E-state index in [1.807, 2.05) is 11.8 Å². The summed E-state index contributed by atoms with van der Waals surface area (Å²) in [7, 11) is 0. The summed E-state index contributed by atoms with van der Waals surface area (Å²) in [6, 6.07) is 8.41. The lowest BCUT2D eigenvalue weighted by Gasteiger charge is -2.26. The van der Waals surface area contributed by atoms with Crippen LogP contribution in [0.1, 0.15) is 17.2 Å². The van der Waals surface area contributed by atoms with Gasteiger partial charge in [-0.2, -0.15) is 11.8 Å². The van der Waals surface area contributed by atoms with Crippen molar-refractivity contribution in [2.24, 2.45) is 5.73 Å². The summed E-state index contributed by atoms with van der Waals surface area (Å²) < 4.78 is 0. The van der Waals surface area contributed by atoms with Gasteiger partial charge in [0.2, 0.25) is 0 Å². The molecule has 5 heteroatoms. The monoisotopic (exact) mass is 251 g/mol. The zero-order valence-corrected chi connectivity index (χ0v) is 10.4. The van der Waals surface area contributed by atoms with Gasteiger partial charge in [-0.25, -0.2) is 4.79 Å². The standard InChI is InChI=1S/C12H17N3OS/c13-12(16)15-6-5-14-11-8-17-7-9-3-1-2-4-10(9)11/h1-4,11,14H,5-8H2,(H3,13,15,16). The van der Waals surface area contributed by atoms with Gasteiger partial charge in [-0.15, -0.1) is 0 Å². The number of benzene rings is 1. The molecule has 1 aliphatic rings. The van der Waals surface area contributed by atoms with Crippen LogP contribution >= 0.6 is 11.8 Å². The van der Waals surface area contributed by atoms with Crippen LogP contribution in [0.4, 0.5) is 4.79 Å². The van der Waals surface area contributed by atoms with Crippen molar-refractivity contribution in [2.45, 2.75) is 11.8 Å². The molecule has 1 unspecified atom stereocenters. The average molecular weight is 251 g/mol. The van der Waals surface area contributed by atoms with Crippen LogP contribution in [0, 0.1) is 0 Å². The van der Waals surface area contributed by atoms with E-state index in [0.29, 0.717) is 12.6 Å². The van der Waals surface area contributed by atoms with Crippen molar-refractivity contribution in [1.82, 2.24) is 10.6 Å². The number of rotatable bonds is 4. The van der Waals surface area contributed by atoms with E-state index in [-0.39, 0.29) is 0 Å². The Bertz CT molecular complexity index is 397. The highest BCUT2D eigenvalue weighted by molar-refractivity contribution is 7.98. The van der Waals surface area contributed by atoms with E-state index in [2.05, 4.69) is 34.9 Å². The number of carbonyl (C=O) groups is 1. The van der Waals surface area contributed by atoms with Crippen molar-refractivity contribution in [1.29, 1.82) is 0 Å². The number of hydrogen-bond acceptors (Lipinski definition) is 3. The highest BCUT2D eigenvalue weighted by atomic mass is 32.2. The van der Waals surface area contributed by atoms with Gasteiger partial charge in [0.15, 0.2) is 0 Å². The van der Waals surface area contributed by atoms with Gasteiger partial charge < -0.3 is 16.4 Å². The number of fused-ring (bicyclic) bond motifs is 1. The SMILES string of the molecule is NC(=O)NCCNC1CSCc2ccccc21. The molecule has 1 aromatic rings. The Morgan fingerprint density at radius 2 is 2.24 bits per heavy atom. The second-order valence-corrected chi connectivity index (χ2v) is 5.04. The Labute approximate surface area is 105 Å². The van der Waals surface area contributed by atoms with Crippen molar-refractivity contribution < 1.29 is 4.79 Å². The predicted octanol–water partition coefficient (Wildman–Crippen LogP) is 1.23.